The van der Waals surface area contributed by atoms with Crippen LogP contribution in [0, 0.1) is 0 Å². The Bertz CT molecular complexity index is 445. The predicted octanol–water partition coefficient (Wildman–Crippen LogP) is 2.47. The van der Waals surface area contributed by atoms with Crippen molar-refractivity contribution in [3.05, 3.63) is 30.2 Å². The van der Waals surface area contributed by atoms with Crippen LogP contribution in [0.2, 0.25) is 0 Å². The topological polar surface area (TPSA) is 26.5 Å². The van der Waals surface area contributed by atoms with E-state index in [-0.39, 0.29) is 0 Å². The molecule has 0 aliphatic rings. The van der Waals surface area contributed by atoms with Crippen molar-refractivity contribution in [3.8, 4) is 5.75 Å². The number of fused-ring (bicyclic) bond motifs is 1. The van der Waals surface area contributed by atoms with Gasteiger partial charge in [-0.25, -0.2) is 4.98 Å². The molecule has 2 aromatic rings. The van der Waals surface area contributed by atoms with Gasteiger partial charge in [-0.1, -0.05) is 13.8 Å². The van der Waals surface area contributed by atoms with E-state index in [2.05, 4.69) is 25.0 Å². The molecule has 0 atom stereocenters. The van der Waals surface area contributed by atoms with E-state index < -0.39 is 0 Å². The standard InChI is InChI=1S/C11H14N2O/c1-8(2)9-6-10(14-3)11-12-4-5-13(11)7-9/h4-8H,1-3H3. The van der Waals surface area contributed by atoms with Crippen LogP contribution in [0.25, 0.3) is 5.65 Å². The van der Waals surface area contributed by atoms with Gasteiger partial charge in [0, 0.05) is 18.6 Å². The van der Waals surface area contributed by atoms with Crippen LogP contribution in [0.15, 0.2) is 24.7 Å². The van der Waals surface area contributed by atoms with Crippen LogP contribution in [0.3, 0.4) is 0 Å². The maximum atomic E-state index is 5.29. The van der Waals surface area contributed by atoms with Crippen molar-refractivity contribution in [2.24, 2.45) is 0 Å². The first-order valence-corrected chi connectivity index (χ1v) is 4.73. The quantitative estimate of drug-likeness (QED) is 0.727. The highest BCUT2D eigenvalue weighted by atomic mass is 16.5. The summed E-state index contributed by atoms with van der Waals surface area (Å²) in [6.07, 6.45) is 5.81. The minimum Gasteiger partial charge on any atom is -0.493 e. The van der Waals surface area contributed by atoms with Gasteiger partial charge >= 0.3 is 0 Å². The Morgan fingerprint density at radius 1 is 1.43 bits per heavy atom. The van der Waals surface area contributed by atoms with Gasteiger partial charge in [-0.05, 0) is 17.5 Å². The van der Waals surface area contributed by atoms with Gasteiger partial charge < -0.3 is 9.14 Å². The first-order valence-electron chi connectivity index (χ1n) is 4.73. The highest BCUT2D eigenvalue weighted by Crippen LogP contribution is 2.24. The molecule has 2 aromatic heterocycles. The minimum atomic E-state index is 0.496. The SMILES string of the molecule is COc1cc(C(C)C)cn2ccnc12. The molecule has 0 bridgehead atoms. The summed E-state index contributed by atoms with van der Waals surface area (Å²) in [5, 5.41) is 0. The van der Waals surface area contributed by atoms with Crippen LogP contribution in [0.1, 0.15) is 25.3 Å². The third kappa shape index (κ3) is 1.35. The number of rotatable bonds is 2. The third-order valence-electron chi connectivity index (χ3n) is 2.36. The van der Waals surface area contributed by atoms with E-state index >= 15 is 0 Å². The summed E-state index contributed by atoms with van der Waals surface area (Å²) < 4.78 is 7.29. The average molecular weight is 190 g/mol. The van der Waals surface area contributed by atoms with E-state index in [0.717, 1.165) is 11.4 Å². The maximum absolute atomic E-state index is 5.29. The molecule has 0 aliphatic carbocycles. The van der Waals surface area contributed by atoms with E-state index in [1.54, 1.807) is 13.3 Å². The molecule has 0 N–H and O–H groups in total. The Balaban J connectivity index is 2.67. The highest BCUT2D eigenvalue weighted by molar-refractivity contribution is 5.55. The molecule has 0 fully saturated rings. The van der Waals surface area contributed by atoms with E-state index in [1.165, 1.54) is 5.56 Å². The largest absolute Gasteiger partial charge is 0.493 e. The normalized spacial score (nSPS) is 11.1. The van der Waals surface area contributed by atoms with Crippen molar-refractivity contribution in [3.63, 3.8) is 0 Å². The summed E-state index contributed by atoms with van der Waals surface area (Å²) in [5.41, 5.74) is 2.13. The van der Waals surface area contributed by atoms with Crippen molar-refractivity contribution in [2.45, 2.75) is 19.8 Å². The second-order valence-corrected chi connectivity index (χ2v) is 3.65. The zero-order chi connectivity index (χ0) is 10.1. The van der Waals surface area contributed by atoms with Gasteiger partial charge in [-0.15, -0.1) is 0 Å². The smallest absolute Gasteiger partial charge is 0.179 e. The molecule has 0 radical (unpaired) electrons. The Morgan fingerprint density at radius 3 is 2.86 bits per heavy atom. The summed E-state index contributed by atoms with van der Waals surface area (Å²) in [6.45, 7) is 4.33. The van der Waals surface area contributed by atoms with Gasteiger partial charge in [-0.2, -0.15) is 0 Å². The van der Waals surface area contributed by atoms with Gasteiger partial charge in [0.2, 0.25) is 0 Å². The van der Waals surface area contributed by atoms with Crippen LogP contribution in [-0.2, 0) is 0 Å². The predicted molar refractivity (Wildman–Crippen MR) is 55.8 cm³/mol. The monoisotopic (exact) mass is 190 g/mol. The number of methoxy groups -OCH3 is 1. The highest BCUT2D eigenvalue weighted by Gasteiger charge is 2.07. The second-order valence-electron chi connectivity index (χ2n) is 3.65. The van der Waals surface area contributed by atoms with Crippen LogP contribution < -0.4 is 4.74 Å². The van der Waals surface area contributed by atoms with E-state index in [4.69, 9.17) is 4.74 Å². The zero-order valence-electron chi connectivity index (χ0n) is 8.69. The Morgan fingerprint density at radius 2 is 2.21 bits per heavy atom. The number of hydrogen-bond donors (Lipinski definition) is 0. The molecular formula is C11H14N2O. The van der Waals surface area contributed by atoms with Gasteiger partial charge in [0.1, 0.15) is 0 Å². The molecule has 0 saturated carbocycles. The van der Waals surface area contributed by atoms with E-state index in [1.807, 2.05) is 16.7 Å². The molecule has 0 aliphatic heterocycles. The minimum absolute atomic E-state index is 0.496. The number of nitrogens with zero attached hydrogens (tertiary/aromatic N) is 2. The lowest BCUT2D eigenvalue weighted by Crippen LogP contribution is -1.96. The molecule has 14 heavy (non-hydrogen) atoms. The fourth-order valence-electron chi connectivity index (χ4n) is 1.49. The van der Waals surface area contributed by atoms with Crippen molar-refractivity contribution in [2.75, 3.05) is 7.11 Å². The molecule has 0 spiro atoms. The Kier molecular flexibility index (Phi) is 2.15. The average Bonchev–Trinajstić information content (AvgIpc) is 2.63. The first-order chi connectivity index (χ1) is 6.72. The summed E-state index contributed by atoms with van der Waals surface area (Å²) in [6, 6.07) is 2.05. The molecule has 3 heteroatoms. The number of ether oxygens (including phenoxy) is 1. The fourth-order valence-corrected chi connectivity index (χ4v) is 1.49. The van der Waals surface area contributed by atoms with Crippen LogP contribution in [0.5, 0.6) is 5.75 Å². The first kappa shape index (κ1) is 9.06. The molecule has 0 amide bonds. The molecule has 0 saturated heterocycles. The molecular weight excluding hydrogens is 176 g/mol. The number of imidazole rings is 1. The van der Waals surface area contributed by atoms with Crippen LogP contribution >= 0.6 is 0 Å². The molecule has 3 nitrogen and oxygen atoms in total. The molecule has 74 valence electrons. The lowest BCUT2D eigenvalue weighted by atomic mass is 10.1. The summed E-state index contributed by atoms with van der Waals surface area (Å²) in [5.74, 6) is 1.33. The third-order valence-corrected chi connectivity index (χ3v) is 2.36. The molecule has 0 aromatic carbocycles. The Labute approximate surface area is 83.3 Å². The van der Waals surface area contributed by atoms with Crippen molar-refractivity contribution < 1.29 is 4.74 Å². The van der Waals surface area contributed by atoms with Crippen LogP contribution in [0.4, 0.5) is 0 Å². The Hall–Kier alpha value is -1.51. The van der Waals surface area contributed by atoms with Gasteiger partial charge in [-0.3, -0.25) is 0 Å². The summed E-state index contributed by atoms with van der Waals surface area (Å²) in [4.78, 5) is 4.23. The lowest BCUT2D eigenvalue weighted by Gasteiger charge is -2.09. The van der Waals surface area contributed by atoms with Crippen molar-refractivity contribution in [1.29, 1.82) is 0 Å². The maximum Gasteiger partial charge on any atom is 0.179 e. The van der Waals surface area contributed by atoms with E-state index in [0.29, 0.717) is 5.92 Å². The zero-order valence-corrected chi connectivity index (χ0v) is 8.69. The number of hydrogen-bond acceptors (Lipinski definition) is 2. The van der Waals surface area contributed by atoms with Gasteiger partial charge in [0.15, 0.2) is 11.4 Å². The van der Waals surface area contributed by atoms with Gasteiger partial charge in [0.25, 0.3) is 0 Å². The number of aromatic nitrogens is 2. The summed E-state index contributed by atoms with van der Waals surface area (Å²) >= 11 is 0. The molecule has 2 rings (SSSR count). The van der Waals surface area contributed by atoms with Crippen molar-refractivity contribution in [1.82, 2.24) is 9.38 Å². The second kappa shape index (κ2) is 3.33. The summed E-state index contributed by atoms with van der Waals surface area (Å²) in [7, 11) is 1.67. The number of pyridine rings is 1. The van der Waals surface area contributed by atoms with Crippen LogP contribution in [-0.4, -0.2) is 16.5 Å². The molecule has 0 unspecified atom stereocenters. The lowest BCUT2D eigenvalue weighted by molar-refractivity contribution is 0.416. The van der Waals surface area contributed by atoms with Crippen molar-refractivity contribution >= 4 is 5.65 Å². The molecule has 2 heterocycles. The van der Waals surface area contributed by atoms with E-state index in [9.17, 15) is 0 Å². The van der Waals surface area contributed by atoms with Gasteiger partial charge in [0.05, 0.1) is 7.11 Å². The fraction of sp³-hybridized carbons (Fsp3) is 0.364.